The molecule has 72 heavy (non-hydrogen) atoms. The van der Waals surface area contributed by atoms with Crippen LogP contribution in [0.25, 0.3) is 0 Å². The van der Waals surface area contributed by atoms with E-state index in [1.54, 1.807) is 13.0 Å². The molecule has 4 saturated carbocycles. The van der Waals surface area contributed by atoms with E-state index in [0.717, 1.165) is 38.5 Å². The summed E-state index contributed by atoms with van der Waals surface area (Å²) in [7, 11) is -4.30. The van der Waals surface area contributed by atoms with Crippen molar-refractivity contribution < 1.29 is 81.2 Å². The minimum absolute atomic E-state index is 0.0900. The van der Waals surface area contributed by atoms with E-state index in [1.165, 1.54) is 29.8 Å². The molecule has 20 heteroatoms. The van der Waals surface area contributed by atoms with Crippen LogP contribution in [0.5, 0.6) is 5.88 Å². The van der Waals surface area contributed by atoms with Gasteiger partial charge in [0, 0.05) is 11.8 Å². The average Bonchev–Trinajstić information content (AvgIpc) is 3.69. The van der Waals surface area contributed by atoms with Gasteiger partial charge in [-0.15, -0.1) is 0 Å². The lowest BCUT2D eigenvalue weighted by atomic mass is 9.33. The average molecular weight is 1030 g/mol. The Hall–Kier alpha value is -4.63. The van der Waals surface area contributed by atoms with Crippen LogP contribution in [0, 0.1) is 55.5 Å². The Labute approximate surface area is 420 Å². The van der Waals surface area contributed by atoms with Crippen molar-refractivity contribution in [2.24, 2.45) is 50.2 Å². The number of hydrogen-bond acceptors (Lipinski definition) is 17. The van der Waals surface area contributed by atoms with Gasteiger partial charge in [-0.05, 0) is 128 Å². The fourth-order valence-corrected chi connectivity index (χ4v) is 15.8. The molecule has 5 fully saturated rings. The number of carbonyl (C=O) groups is 4. The van der Waals surface area contributed by atoms with Crippen LogP contribution < -0.4 is 9.64 Å². The highest BCUT2D eigenvalue weighted by atomic mass is 32.2. The van der Waals surface area contributed by atoms with Crippen LogP contribution in [0.15, 0.2) is 56.5 Å². The van der Waals surface area contributed by atoms with E-state index >= 15 is 0 Å². The Bertz CT molecular complexity index is 2550. The van der Waals surface area contributed by atoms with Crippen LogP contribution in [-0.2, 0) is 48.0 Å². The van der Waals surface area contributed by atoms with Crippen LogP contribution >= 0.6 is 0 Å². The third kappa shape index (κ3) is 9.12. The van der Waals surface area contributed by atoms with E-state index in [1.807, 2.05) is 0 Å². The molecule has 8 rings (SSSR count). The molecule has 19 nitrogen and oxygen atoms in total. The van der Waals surface area contributed by atoms with Gasteiger partial charge in [0.05, 0.1) is 34.9 Å². The lowest BCUT2D eigenvalue weighted by Gasteiger charge is -2.71. The van der Waals surface area contributed by atoms with E-state index in [2.05, 4.69) is 64.3 Å². The molecule has 0 spiro atoms. The highest BCUT2D eigenvalue weighted by molar-refractivity contribution is 7.91. The molecular weight excluding hydrogens is 957 g/mol. The number of nitrogens with zero attached hydrogens (tertiary/aromatic N) is 2. The minimum atomic E-state index is -4.30. The third-order valence-electron chi connectivity index (χ3n) is 18.8. The number of allylic oxidation sites excluding steroid dienone is 2. The normalized spacial score (nSPS) is 37.2. The molecule has 1 aliphatic heterocycles. The van der Waals surface area contributed by atoms with Crippen LogP contribution in [0.4, 0.5) is 0 Å². The Morgan fingerprint density at radius 1 is 0.861 bits per heavy atom. The molecule has 6 aliphatic rings. The van der Waals surface area contributed by atoms with Crippen LogP contribution in [0.1, 0.15) is 139 Å². The Morgan fingerprint density at radius 2 is 1.54 bits per heavy atom. The van der Waals surface area contributed by atoms with Crippen LogP contribution in [-0.4, -0.2) is 107 Å². The number of benzene rings is 1. The number of hydrogen-bond donors (Lipinski definition) is 4. The number of carboxylic acid groups (broad SMARTS) is 1. The lowest BCUT2D eigenvalue weighted by molar-refractivity contribution is -0.832. The number of fused-ring (bicyclic) bond motifs is 7. The van der Waals surface area contributed by atoms with Crippen LogP contribution in [0.2, 0.25) is 0 Å². The summed E-state index contributed by atoms with van der Waals surface area (Å²) < 4.78 is 59.2. The predicted molar refractivity (Wildman–Crippen MR) is 252 cm³/mol. The number of esters is 3. The zero-order chi connectivity index (χ0) is 52.6. The highest BCUT2D eigenvalue weighted by Crippen LogP contribution is 2.76. The molecule has 1 saturated heterocycles. The van der Waals surface area contributed by atoms with Crippen LogP contribution in [0.3, 0.4) is 0 Å². The fraction of sp³-hybridized carbons (Fsp3) is 0.731. The number of carboxylic acids is 1. The number of aromatic nitrogens is 2. The molecule has 5 aliphatic carbocycles. The van der Waals surface area contributed by atoms with E-state index in [0.29, 0.717) is 25.7 Å². The summed E-state index contributed by atoms with van der Waals surface area (Å²) in [4.78, 5) is 52.5. The Balaban J connectivity index is 0.886. The molecule has 1 aromatic heterocycles. The molecule has 1 unspecified atom stereocenters. The van der Waals surface area contributed by atoms with Crippen molar-refractivity contribution >= 4 is 33.7 Å². The van der Waals surface area contributed by atoms with Crippen molar-refractivity contribution in [3.05, 3.63) is 47.2 Å². The number of carbonyl (C=O) groups excluding carboxylic acids is 3. The maximum atomic E-state index is 14.6. The summed E-state index contributed by atoms with van der Waals surface area (Å²) in [5.74, 6) is -3.48. The molecule has 0 amide bonds. The number of rotatable bonds is 14. The summed E-state index contributed by atoms with van der Waals surface area (Å²) in [6.07, 6.45) is -0.915. The molecule has 14 atom stereocenters. The molecule has 0 radical (unpaired) electrons. The summed E-state index contributed by atoms with van der Waals surface area (Å²) in [6, 6.07) is 7.29. The Morgan fingerprint density at radius 3 is 2.24 bits per heavy atom. The summed E-state index contributed by atoms with van der Waals surface area (Å²) in [5, 5.41) is 56.1. The van der Waals surface area contributed by atoms with Crippen molar-refractivity contribution in [2.45, 2.75) is 192 Å². The predicted octanol–water partition coefficient (Wildman–Crippen LogP) is 5.77. The van der Waals surface area contributed by atoms with Gasteiger partial charge in [0.25, 0.3) is 9.84 Å². The monoisotopic (exact) mass is 1030 g/mol. The largest absolute Gasteiger partial charge is 0.479 e. The van der Waals surface area contributed by atoms with Gasteiger partial charge < -0.3 is 49.3 Å². The molecule has 2 aromatic rings. The maximum absolute atomic E-state index is 14.6. The van der Waals surface area contributed by atoms with E-state index < -0.39 is 92.3 Å². The smallest absolute Gasteiger partial charge is 0.414 e. The zero-order valence-electron chi connectivity index (χ0n) is 42.5. The number of ether oxygens (including phenoxy) is 5. The highest BCUT2D eigenvalue weighted by Gasteiger charge is 2.70. The number of aliphatic hydroxyl groups excluding tert-OH is 3. The van der Waals surface area contributed by atoms with E-state index in [4.69, 9.17) is 23.7 Å². The summed E-state index contributed by atoms with van der Waals surface area (Å²) >= 11 is 0. The summed E-state index contributed by atoms with van der Waals surface area (Å²) in [6.45, 7) is 17.5. The first kappa shape index (κ1) is 53.7. The first-order chi connectivity index (χ1) is 33.6. The molecule has 1 aromatic carbocycles. The fourth-order valence-electron chi connectivity index (χ4n) is 14.5. The second kappa shape index (κ2) is 19.3. The Kier molecular flexibility index (Phi) is 14.3. The first-order valence-electron chi connectivity index (χ1n) is 25.4. The number of aliphatic hydroxyl groups is 3. The van der Waals surface area contributed by atoms with Crippen molar-refractivity contribution in [1.29, 1.82) is 0 Å². The SMILES string of the molecule is CC(CCOc1no[n+]([O-])c1S(=O)(=O)c1ccccc1)OC(=O)CCC(=O)O[C@H]1CC[C@]2(C)[C@H]3CC=C4[C@@H]5CC(C)(C)CC[C@]5(C(=O)O[C@@H]5O[C@H](C(=O)O)[C@@H](O)[C@H](O)[C@H]5O)CC[C@@]4(C)[C@]3(C)CC[C@H]2C1(C)C. The minimum Gasteiger partial charge on any atom is -0.479 e. The van der Waals surface area contributed by atoms with Gasteiger partial charge in [0.15, 0.2) is 6.10 Å². The van der Waals surface area contributed by atoms with Gasteiger partial charge in [-0.1, -0.05) is 78.3 Å². The second-order valence-electron chi connectivity index (χ2n) is 23.6. The quantitative estimate of drug-likeness (QED) is 0.0756. The molecular formula is C52H72N2O17S. The van der Waals surface area contributed by atoms with Gasteiger partial charge in [0.1, 0.15) is 30.5 Å². The lowest BCUT2D eigenvalue weighted by Crippen LogP contribution is -2.65. The second-order valence-corrected chi connectivity index (χ2v) is 25.5. The zero-order valence-corrected chi connectivity index (χ0v) is 43.4. The van der Waals surface area contributed by atoms with Gasteiger partial charge >= 0.3 is 34.8 Å². The van der Waals surface area contributed by atoms with Crippen molar-refractivity contribution in [3.8, 4) is 5.88 Å². The molecule has 398 valence electrons. The topological polar surface area (TPSA) is 282 Å². The van der Waals surface area contributed by atoms with Crippen molar-refractivity contribution in [1.82, 2.24) is 5.16 Å². The van der Waals surface area contributed by atoms with Gasteiger partial charge in [0.2, 0.25) is 6.29 Å². The summed E-state index contributed by atoms with van der Waals surface area (Å²) in [5.41, 5.74) is -0.741. The van der Waals surface area contributed by atoms with Gasteiger partial charge in [-0.2, -0.15) is 0 Å². The maximum Gasteiger partial charge on any atom is 0.414 e. The van der Waals surface area contributed by atoms with Gasteiger partial charge in [-0.25, -0.2) is 13.2 Å². The van der Waals surface area contributed by atoms with E-state index in [-0.39, 0.29) is 81.2 Å². The third-order valence-corrected chi connectivity index (χ3v) is 20.5. The van der Waals surface area contributed by atoms with Crippen molar-refractivity contribution in [2.75, 3.05) is 6.61 Å². The van der Waals surface area contributed by atoms with Crippen molar-refractivity contribution in [3.63, 3.8) is 0 Å². The van der Waals surface area contributed by atoms with Gasteiger partial charge in [-0.3, -0.25) is 19.0 Å². The molecule has 0 bridgehead atoms. The molecule has 2 heterocycles. The standard InChI is InChI=1S/C52H72N2O17S/c1-29(20-27-66-42-43(54(63)71-53-42)72(64,65)30-12-10-9-11-13-30)67-36(55)16-17-37(56)68-35-19-21-49(6)33(48(35,4)5)18-22-51(8)34(49)15-14-31-32-28-47(2,3)23-25-52(32,26-24-50(31,51)7)46(62)70-45-40(59)38(57)39(58)41(69-45)44(60)61/h9-14,29,32-35,38-41,45,57-59H,15-28H2,1-8H3,(H,60,61)/t29?,32-,33-,34+,35-,38-,39-,40+,41-,45-,49-,50+,51+,52-/m0/s1. The molecule has 4 N–H and O–H groups in total. The number of aliphatic carboxylic acids is 1. The first-order valence-corrected chi connectivity index (χ1v) is 26.9. The number of sulfone groups is 1. The van der Waals surface area contributed by atoms with E-state index in [9.17, 15) is 53.2 Å².